The van der Waals surface area contributed by atoms with Crippen molar-refractivity contribution in [1.82, 2.24) is 0 Å². The van der Waals surface area contributed by atoms with Crippen molar-refractivity contribution in [3.8, 4) is 0 Å². The molecular formula is C8H12O2S2. The van der Waals surface area contributed by atoms with Gasteiger partial charge < -0.3 is 4.55 Å². The van der Waals surface area contributed by atoms with E-state index in [1.807, 2.05) is 31.2 Å². The molecule has 0 saturated heterocycles. The zero-order chi connectivity index (χ0) is 9.19. The minimum absolute atomic E-state index is 0.116. The van der Waals surface area contributed by atoms with Crippen LogP contribution in [-0.2, 0) is 20.0 Å². The SMILES string of the molecule is CC1C=CC=CC1CS(=O)(O)=S. The third-order valence-corrected chi connectivity index (χ3v) is 3.18. The van der Waals surface area contributed by atoms with Crippen LogP contribution < -0.4 is 0 Å². The Kier molecular flexibility index (Phi) is 3.04. The minimum Gasteiger partial charge on any atom is -0.306 e. The fraction of sp³-hybridized carbons (Fsp3) is 0.500. The van der Waals surface area contributed by atoms with E-state index < -0.39 is 8.77 Å². The molecule has 0 saturated carbocycles. The maximum Gasteiger partial charge on any atom is 0.142 e. The highest BCUT2D eigenvalue weighted by Crippen LogP contribution is 2.20. The summed E-state index contributed by atoms with van der Waals surface area (Å²) in [5.41, 5.74) is 0. The first-order chi connectivity index (χ1) is 5.49. The third kappa shape index (κ3) is 3.05. The van der Waals surface area contributed by atoms with Gasteiger partial charge in [0.15, 0.2) is 0 Å². The molecule has 0 bridgehead atoms. The normalized spacial score (nSPS) is 33.2. The molecule has 0 heterocycles. The summed E-state index contributed by atoms with van der Waals surface area (Å²) in [5, 5.41) is 0. The summed E-state index contributed by atoms with van der Waals surface area (Å²) in [7, 11) is -3.01. The van der Waals surface area contributed by atoms with Gasteiger partial charge in [0.2, 0.25) is 0 Å². The number of allylic oxidation sites excluding steroid dienone is 4. The van der Waals surface area contributed by atoms with Crippen molar-refractivity contribution < 1.29 is 8.76 Å². The van der Waals surface area contributed by atoms with Gasteiger partial charge in [-0.25, -0.2) is 4.21 Å². The zero-order valence-electron chi connectivity index (χ0n) is 6.84. The average Bonchev–Trinajstić information content (AvgIpc) is 1.91. The Morgan fingerprint density at radius 3 is 2.58 bits per heavy atom. The van der Waals surface area contributed by atoms with Crippen LogP contribution in [0.5, 0.6) is 0 Å². The van der Waals surface area contributed by atoms with Gasteiger partial charge in [-0.15, -0.1) is 0 Å². The van der Waals surface area contributed by atoms with Crippen molar-refractivity contribution in [3.63, 3.8) is 0 Å². The molecule has 1 aliphatic rings. The number of hydrogen-bond acceptors (Lipinski definition) is 2. The molecule has 0 aromatic heterocycles. The largest absolute Gasteiger partial charge is 0.306 e. The molecule has 0 fully saturated rings. The lowest BCUT2D eigenvalue weighted by Gasteiger charge is -2.19. The van der Waals surface area contributed by atoms with Gasteiger partial charge in [-0.2, -0.15) is 0 Å². The van der Waals surface area contributed by atoms with Gasteiger partial charge in [0.1, 0.15) is 8.77 Å². The number of hydrogen-bond donors (Lipinski definition) is 1. The van der Waals surface area contributed by atoms with E-state index >= 15 is 0 Å². The Morgan fingerprint density at radius 1 is 1.50 bits per heavy atom. The van der Waals surface area contributed by atoms with Gasteiger partial charge in [-0.1, -0.05) is 31.2 Å². The summed E-state index contributed by atoms with van der Waals surface area (Å²) in [6.45, 7) is 2.02. The highest BCUT2D eigenvalue weighted by molar-refractivity contribution is 8.29. The Labute approximate surface area is 77.9 Å². The molecule has 0 spiro atoms. The molecule has 0 radical (unpaired) electrons. The summed E-state index contributed by atoms with van der Waals surface area (Å²) in [4.78, 5) is 0. The summed E-state index contributed by atoms with van der Waals surface area (Å²) in [6.07, 6.45) is 7.80. The van der Waals surface area contributed by atoms with Crippen LogP contribution in [0.2, 0.25) is 0 Å². The van der Waals surface area contributed by atoms with Crippen molar-refractivity contribution in [2.75, 3.05) is 5.75 Å². The van der Waals surface area contributed by atoms with Gasteiger partial charge in [0.05, 0.1) is 5.75 Å². The minimum atomic E-state index is -3.01. The van der Waals surface area contributed by atoms with Gasteiger partial charge >= 0.3 is 0 Å². The number of rotatable bonds is 2. The smallest absolute Gasteiger partial charge is 0.142 e. The standard InChI is InChI=1S/C8H12O2S2/c1-7-4-2-3-5-8(7)6-12(9,10)11/h2-5,7-8H,6H2,1H3,(H,9,10,11). The first-order valence-corrected chi connectivity index (χ1v) is 6.40. The molecule has 4 heteroatoms. The van der Waals surface area contributed by atoms with Crippen molar-refractivity contribution in [2.24, 2.45) is 11.8 Å². The van der Waals surface area contributed by atoms with E-state index in [2.05, 4.69) is 11.2 Å². The molecule has 0 amide bonds. The topological polar surface area (TPSA) is 37.3 Å². The highest BCUT2D eigenvalue weighted by Gasteiger charge is 2.17. The molecular weight excluding hydrogens is 192 g/mol. The van der Waals surface area contributed by atoms with Crippen LogP contribution in [0.4, 0.5) is 0 Å². The van der Waals surface area contributed by atoms with Crippen molar-refractivity contribution in [1.29, 1.82) is 0 Å². The van der Waals surface area contributed by atoms with E-state index in [0.29, 0.717) is 5.92 Å². The monoisotopic (exact) mass is 204 g/mol. The quantitative estimate of drug-likeness (QED) is 0.742. The van der Waals surface area contributed by atoms with Crippen LogP contribution in [0.1, 0.15) is 6.92 Å². The zero-order valence-corrected chi connectivity index (χ0v) is 8.48. The van der Waals surface area contributed by atoms with Gasteiger partial charge in [-0.05, 0) is 11.8 Å². The predicted molar refractivity (Wildman–Crippen MR) is 53.9 cm³/mol. The van der Waals surface area contributed by atoms with Crippen LogP contribution in [0.3, 0.4) is 0 Å². The van der Waals surface area contributed by atoms with Crippen molar-refractivity contribution in [3.05, 3.63) is 24.3 Å². The summed E-state index contributed by atoms with van der Waals surface area (Å²) < 4.78 is 19.9. The van der Waals surface area contributed by atoms with E-state index in [1.54, 1.807) is 0 Å². The molecule has 3 unspecified atom stereocenters. The predicted octanol–water partition coefficient (Wildman–Crippen LogP) is 1.58. The first-order valence-electron chi connectivity index (χ1n) is 3.79. The van der Waals surface area contributed by atoms with Gasteiger partial charge in [0.25, 0.3) is 0 Å². The third-order valence-electron chi connectivity index (χ3n) is 1.96. The van der Waals surface area contributed by atoms with Crippen LogP contribution in [0.25, 0.3) is 0 Å². The Morgan fingerprint density at radius 2 is 2.08 bits per heavy atom. The molecule has 1 aliphatic carbocycles. The summed E-state index contributed by atoms with van der Waals surface area (Å²) >= 11 is 4.44. The second-order valence-corrected chi connectivity index (χ2v) is 6.10. The molecule has 68 valence electrons. The molecule has 2 nitrogen and oxygen atoms in total. The van der Waals surface area contributed by atoms with Crippen LogP contribution in [0, 0.1) is 11.8 Å². The lowest BCUT2D eigenvalue weighted by Crippen LogP contribution is -2.19. The average molecular weight is 204 g/mol. The van der Waals surface area contributed by atoms with E-state index in [0.717, 1.165) is 0 Å². The van der Waals surface area contributed by atoms with Crippen LogP contribution in [0.15, 0.2) is 24.3 Å². The lowest BCUT2D eigenvalue weighted by atomic mass is 9.92. The van der Waals surface area contributed by atoms with E-state index in [9.17, 15) is 4.21 Å². The van der Waals surface area contributed by atoms with Gasteiger partial charge in [0, 0.05) is 11.2 Å². The van der Waals surface area contributed by atoms with Crippen molar-refractivity contribution >= 4 is 20.0 Å². The molecule has 0 aromatic rings. The molecule has 0 aromatic carbocycles. The van der Waals surface area contributed by atoms with Crippen LogP contribution in [-0.4, -0.2) is 14.5 Å². The molecule has 0 aliphatic heterocycles. The Hall–Kier alpha value is -0.190. The Balaban J connectivity index is 2.66. The van der Waals surface area contributed by atoms with E-state index in [-0.39, 0.29) is 11.7 Å². The lowest BCUT2D eigenvalue weighted by molar-refractivity contribution is 0.514. The first kappa shape index (κ1) is 9.89. The molecule has 12 heavy (non-hydrogen) atoms. The van der Waals surface area contributed by atoms with Crippen molar-refractivity contribution in [2.45, 2.75) is 6.92 Å². The maximum atomic E-state index is 10.9. The fourth-order valence-corrected chi connectivity index (χ4v) is 2.59. The Bertz CT molecular complexity index is 301. The second kappa shape index (κ2) is 3.68. The second-order valence-electron chi connectivity index (χ2n) is 3.04. The molecule has 1 N–H and O–H groups in total. The highest BCUT2D eigenvalue weighted by atomic mass is 32.8. The van der Waals surface area contributed by atoms with E-state index in [1.165, 1.54) is 0 Å². The van der Waals surface area contributed by atoms with Crippen LogP contribution >= 0.6 is 0 Å². The molecule has 3 atom stereocenters. The molecule has 1 rings (SSSR count). The fourth-order valence-electron chi connectivity index (χ4n) is 1.21. The van der Waals surface area contributed by atoms with Gasteiger partial charge in [-0.3, -0.25) is 0 Å². The summed E-state index contributed by atoms with van der Waals surface area (Å²) in [5.74, 6) is 0.612. The summed E-state index contributed by atoms with van der Waals surface area (Å²) in [6, 6.07) is 0. The van der Waals surface area contributed by atoms with E-state index in [4.69, 9.17) is 4.55 Å². The maximum absolute atomic E-state index is 10.9.